The molecular weight excluding hydrogens is 292 g/mol. The van der Waals surface area contributed by atoms with Crippen LogP contribution >= 0.6 is 11.6 Å². The summed E-state index contributed by atoms with van der Waals surface area (Å²) in [5.41, 5.74) is 0.585. The molecule has 112 valence electrons. The molecule has 0 heterocycles. The molecule has 1 N–H and O–H groups in total. The maximum Gasteiger partial charge on any atom is 0.323 e. The van der Waals surface area contributed by atoms with E-state index in [1.165, 1.54) is 0 Å². The molecule has 2 rings (SSSR count). The molecular formula is C16H17ClO4. The molecule has 1 unspecified atom stereocenters. The first-order valence-electron chi connectivity index (χ1n) is 6.85. The first-order valence-corrected chi connectivity index (χ1v) is 7.23. The van der Waals surface area contributed by atoms with Crippen LogP contribution in [0.4, 0.5) is 0 Å². The minimum atomic E-state index is -1.45. The van der Waals surface area contributed by atoms with Gasteiger partial charge >= 0.3 is 11.9 Å². The van der Waals surface area contributed by atoms with E-state index >= 15 is 0 Å². The summed E-state index contributed by atoms with van der Waals surface area (Å²) in [6, 6.07) is 7.38. The molecule has 0 amide bonds. The summed E-state index contributed by atoms with van der Waals surface area (Å²) in [6.45, 7) is 1.85. The molecule has 0 radical (unpaired) electrons. The van der Waals surface area contributed by atoms with Crippen LogP contribution in [0.2, 0.25) is 5.02 Å². The van der Waals surface area contributed by atoms with Gasteiger partial charge in [-0.25, -0.2) is 0 Å². The molecule has 0 aromatic heterocycles. The van der Waals surface area contributed by atoms with E-state index in [0.29, 0.717) is 11.4 Å². The summed E-state index contributed by atoms with van der Waals surface area (Å²) in [6.07, 6.45) is 2.74. The fraction of sp³-hybridized carbons (Fsp3) is 0.375. The highest BCUT2D eigenvalue weighted by Gasteiger charge is 2.48. The number of carboxylic acid groups (broad SMARTS) is 1. The van der Waals surface area contributed by atoms with Crippen molar-refractivity contribution >= 4 is 29.1 Å². The molecule has 5 heteroatoms. The van der Waals surface area contributed by atoms with Gasteiger partial charge in [-0.2, -0.15) is 0 Å². The normalized spacial score (nSPS) is 21.5. The van der Waals surface area contributed by atoms with Gasteiger partial charge in [-0.3, -0.25) is 9.59 Å². The second-order valence-corrected chi connectivity index (χ2v) is 5.48. The van der Waals surface area contributed by atoms with Crippen LogP contribution in [0.1, 0.15) is 31.7 Å². The highest BCUT2D eigenvalue weighted by atomic mass is 35.5. The topological polar surface area (TPSA) is 63.6 Å². The van der Waals surface area contributed by atoms with Gasteiger partial charge in [0.2, 0.25) is 0 Å². The van der Waals surface area contributed by atoms with Crippen molar-refractivity contribution in [2.24, 2.45) is 5.41 Å². The summed E-state index contributed by atoms with van der Waals surface area (Å²) >= 11 is 5.86. The number of rotatable bonds is 4. The molecule has 0 saturated heterocycles. The van der Waals surface area contributed by atoms with E-state index in [4.69, 9.17) is 16.3 Å². The van der Waals surface area contributed by atoms with Crippen LogP contribution in [0, 0.1) is 5.41 Å². The molecule has 21 heavy (non-hydrogen) atoms. The Morgan fingerprint density at radius 1 is 1.33 bits per heavy atom. The number of hydrogen-bond acceptors (Lipinski definition) is 3. The third kappa shape index (κ3) is 3.10. The second-order valence-electron chi connectivity index (χ2n) is 5.05. The highest BCUT2D eigenvalue weighted by molar-refractivity contribution is 6.30. The number of esters is 1. The zero-order valence-corrected chi connectivity index (χ0v) is 12.5. The van der Waals surface area contributed by atoms with E-state index in [2.05, 4.69) is 0 Å². The second kappa shape index (κ2) is 6.31. The Balaban J connectivity index is 2.24. The molecule has 1 aliphatic rings. The van der Waals surface area contributed by atoms with E-state index in [9.17, 15) is 14.7 Å². The van der Waals surface area contributed by atoms with Gasteiger partial charge < -0.3 is 9.84 Å². The van der Waals surface area contributed by atoms with Gasteiger partial charge in [0.1, 0.15) is 0 Å². The van der Waals surface area contributed by atoms with Crippen LogP contribution in [0.5, 0.6) is 0 Å². The summed E-state index contributed by atoms with van der Waals surface area (Å²) in [5, 5.41) is 10.1. The predicted molar refractivity (Wildman–Crippen MR) is 80.0 cm³/mol. The molecule has 1 aromatic rings. The molecule has 0 fully saturated rings. The lowest BCUT2D eigenvalue weighted by molar-refractivity contribution is -0.169. The Hall–Kier alpha value is -1.81. The number of carboxylic acids is 1. The number of benzene rings is 1. The Bertz CT molecular complexity index is 576. The smallest absolute Gasteiger partial charge is 0.323 e. The van der Waals surface area contributed by atoms with Crippen LogP contribution in [-0.2, 0) is 14.3 Å². The van der Waals surface area contributed by atoms with Crippen molar-refractivity contribution in [1.82, 2.24) is 0 Å². The van der Waals surface area contributed by atoms with Gasteiger partial charge in [0.25, 0.3) is 0 Å². The fourth-order valence-corrected chi connectivity index (χ4v) is 2.64. The first-order chi connectivity index (χ1) is 9.99. The van der Waals surface area contributed by atoms with Crippen molar-refractivity contribution in [3.05, 3.63) is 40.9 Å². The van der Waals surface area contributed by atoms with Crippen LogP contribution in [-0.4, -0.2) is 23.7 Å². The van der Waals surface area contributed by atoms with Crippen molar-refractivity contribution in [3.8, 4) is 0 Å². The Morgan fingerprint density at radius 3 is 2.48 bits per heavy atom. The molecule has 4 nitrogen and oxygen atoms in total. The lowest BCUT2D eigenvalue weighted by atomic mass is 9.74. The Kier molecular flexibility index (Phi) is 4.68. The monoisotopic (exact) mass is 308 g/mol. The van der Waals surface area contributed by atoms with Gasteiger partial charge in [0, 0.05) is 5.02 Å². The number of carbonyl (C=O) groups excluding carboxylic acids is 1. The van der Waals surface area contributed by atoms with Gasteiger partial charge in [0.05, 0.1) is 6.61 Å². The fourth-order valence-electron chi connectivity index (χ4n) is 2.51. The largest absolute Gasteiger partial charge is 0.480 e. The number of halogens is 1. The average Bonchev–Trinajstić information content (AvgIpc) is 2.48. The molecule has 1 aliphatic carbocycles. The summed E-state index contributed by atoms with van der Waals surface area (Å²) < 4.78 is 4.94. The van der Waals surface area contributed by atoms with Gasteiger partial charge in [-0.05, 0) is 49.5 Å². The predicted octanol–water partition coefficient (Wildman–Crippen LogP) is 3.54. The lowest BCUT2D eigenvalue weighted by Gasteiger charge is -2.30. The standard InChI is InChI=1S/C16H17ClO4/c1-2-21-15(20)16(14(18)19)9-7-12(8-10-16)11-3-5-13(17)6-4-11/h3-7H,2,8-10H2,1H3,(H,18,19). The van der Waals surface area contributed by atoms with Crippen molar-refractivity contribution < 1.29 is 19.4 Å². The molecule has 0 bridgehead atoms. The third-order valence-corrected chi connectivity index (χ3v) is 4.06. The minimum Gasteiger partial charge on any atom is -0.480 e. The third-order valence-electron chi connectivity index (χ3n) is 3.81. The summed E-state index contributed by atoms with van der Waals surface area (Å²) in [5.74, 6) is -1.77. The van der Waals surface area contributed by atoms with E-state index in [0.717, 1.165) is 11.1 Å². The molecule has 0 spiro atoms. The van der Waals surface area contributed by atoms with Crippen LogP contribution < -0.4 is 0 Å². The van der Waals surface area contributed by atoms with Crippen molar-refractivity contribution in [1.29, 1.82) is 0 Å². The first kappa shape index (κ1) is 15.6. The Morgan fingerprint density at radius 2 is 2.00 bits per heavy atom. The van der Waals surface area contributed by atoms with Crippen LogP contribution in [0.15, 0.2) is 30.3 Å². The SMILES string of the molecule is CCOC(=O)C1(C(=O)O)CC=C(c2ccc(Cl)cc2)CC1. The number of allylic oxidation sites excluding steroid dienone is 2. The van der Waals surface area contributed by atoms with Crippen LogP contribution in [0.3, 0.4) is 0 Å². The van der Waals surface area contributed by atoms with Gasteiger partial charge in [0.15, 0.2) is 5.41 Å². The van der Waals surface area contributed by atoms with Gasteiger partial charge in [-0.15, -0.1) is 0 Å². The number of carbonyl (C=O) groups is 2. The molecule has 0 aliphatic heterocycles. The average molecular weight is 309 g/mol. The quantitative estimate of drug-likeness (QED) is 0.682. The van der Waals surface area contributed by atoms with Crippen molar-refractivity contribution in [2.45, 2.75) is 26.2 Å². The van der Waals surface area contributed by atoms with E-state index in [1.54, 1.807) is 19.1 Å². The zero-order valence-electron chi connectivity index (χ0n) is 11.8. The zero-order chi connectivity index (χ0) is 15.5. The van der Waals surface area contributed by atoms with Gasteiger partial charge in [-0.1, -0.05) is 29.8 Å². The van der Waals surface area contributed by atoms with Crippen LogP contribution in [0.25, 0.3) is 5.57 Å². The number of hydrogen-bond donors (Lipinski definition) is 1. The highest BCUT2D eigenvalue weighted by Crippen LogP contribution is 2.40. The summed E-state index contributed by atoms with van der Waals surface area (Å²) in [7, 11) is 0. The lowest BCUT2D eigenvalue weighted by Crippen LogP contribution is -2.41. The molecule has 1 aromatic carbocycles. The number of aliphatic carboxylic acids is 1. The maximum absolute atomic E-state index is 12.0. The summed E-state index contributed by atoms with van der Waals surface area (Å²) in [4.78, 5) is 23.5. The molecule has 0 saturated carbocycles. The van der Waals surface area contributed by atoms with E-state index in [-0.39, 0.29) is 19.4 Å². The maximum atomic E-state index is 12.0. The minimum absolute atomic E-state index is 0.152. The van der Waals surface area contributed by atoms with Crippen molar-refractivity contribution in [2.75, 3.05) is 6.61 Å². The Labute approximate surface area is 128 Å². The number of ether oxygens (including phenoxy) is 1. The van der Waals surface area contributed by atoms with Crippen molar-refractivity contribution in [3.63, 3.8) is 0 Å². The van der Waals surface area contributed by atoms with E-state index < -0.39 is 17.4 Å². The molecule has 1 atom stereocenters. The van der Waals surface area contributed by atoms with E-state index in [1.807, 2.05) is 18.2 Å².